The van der Waals surface area contributed by atoms with Crippen LogP contribution in [-0.4, -0.2) is 41.1 Å². The zero-order valence-electron chi connectivity index (χ0n) is 18.1. The topological polar surface area (TPSA) is 52.6 Å². The number of aliphatic hydroxyl groups is 1. The summed E-state index contributed by atoms with van der Waals surface area (Å²) >= 11 is 0. The third-order valence-electron chi connectivity index (χ3n) is 7.60. The number of nitrogens with one attached hydrogen (secondary N) is 1. The lowest BCUT2D eigenvalue weighted by atomic mass is 9.76. The minimum absolute atomic E-state index is 0.203. The number of hydrogen-bond acceptors (Lipinski definition) is 3. The van der Waals surface area contributed by atoms with Gasteiger partial charge in [0, 0.05) is 13.1 Å². The highest BCUT2D eigenvalue weighted by Gasteiger charge is 2.37. The molecule has 1 aromatic carbocycles. The number of fused-ring (bicyclic) bond motifs is 1. The average molecular weight is 399 g/mol. The van der Waals surface area contributed by atoms with Crippen molar-refractivity contribution < 1.29 is 9.90 Å². The first-order valence-corrected chi connectivity index (χ1v) is 11.9. The van der Waals surface area contributed by atoms with E-state index in [1.807, 2.05) is 0 Å². The smallest absolute Gasteiger partial charge is 0.237 e. The van der Waals surface area contributed by atoms with Gasteiger partial charge in [-0.05, 0) is 61.6 Å². The van der Waals surface area contributed by atoms with Gasteiger partial charge in [0.25, 0.3) is 0 Å². The van der Waals surface area contributed by atoms with Crippen LogP contribution in [0.5, 0.6) is 0 Å². The Morgan fingerprint density at radius 3 is 2.62 bits per heavy atom. The van der Waals surface area contributed by atoms with Gasteiger partial charge in [-0.1, -0.05) is 56.7 Å². The van der Waals surface area contributed by atoms with Gasteiger partial charge in [0.15, 0.2) is 0 Å². The van der Waals surface area contributed by atoms with Gasteiger partial charge in [0.05, 0.1) is 18.2 Å². The van der Waals surface area contributed by atoms with E-state index in [-0.39, 0.29) is 11.9 Å². The van der Waals surface area contributed by atoms with Gasteiger partial charge in [0.2, 0.25) is 5.91 Å². The summed E-state index contributed by atoms with van der Waals surface area (Å²) in [5.74, 6) is 0.782. The van der Waals surface area contributed by atoms with Crippen LogP contribution in [0.4, 0.5) is 0 Å². The van der Waals surface area contributed by atoms with Gasteiger partial charge in [-0.2, -0.15) is 0 Å². The maximum absolute atomic E-state index is 13.3. The fourth-order valence-electron chi connectivity index (χ4n) is 6.03. The second kappa shape index (κ2) is 9.18. The van der Waals surface area contributed by atoms with Gasteiger partial charge in [0.1, 0.15) is 0 Å². The summed E-state index contributed by atoms with van der Waals surface area (Å²) in [6.45, 7) is 3.91. The summed E-state index contributed by atoms with van der Waals surface area (Å²) in [5.41, 5.74) is 3.57. The standard InChI is InChI=1S/C25H38N2O2/c1-19-9-8-12-20-13-16-27(24(23(19)20)21-10-4-2-5-11-21)22(28)17-26-18-25(29)14-6-3-7-15-25/h8-9,12,21,24,26,29H,2-7,10-11,13-18H2,1H3. The lowest BCUT2D eigenvalue weighted by molar-refractivity contribution is -0.135. The second-order valence-corrected chi connectivity index (χ2v) is 9.72. The maximum atomic E-state index is 13.3. The van der Waals surface area contributed by atoms with Crippen molar-refractivity contribution >= 4 is 5.91 Å². The van der Waals surface area contributed by atoms with Gasteiger partial charge in [-0.15, -0.1) is 0 Å². The number of hydrogen-bond donors (Lipinski definition) is 2. The molecular formula is C25H38N2O2. The molecule has 1 aliphatic heterocycles. The lowest BCUT2D eigenvalue weighted by Gasteiger charge is -2.44. The Hall–Kier alpha value is -1.39. The third kappa shape index (κ3) is 4.69. The van der Waals surface area contributed by atoms with E-state index < -0.39 is 5.60 Å². The Labute approximate surface area is 176 Å². The quantitative estimate of drug-likeness (QED) is 0.778. The van der Waals surface area contributed by atoms with Gasteiger partial charge >= 0.3 is 0 Å². The molecule has 2 saturated carbocycles. The monoisotopic (exact) mass is 398 g/mol. The Morgan fingerprint density at radius 2 is 1.86 bits per heavy atom. The molecule has 1 atom stereocenters. The largest absolute Gasteiger partial charge is 0.389 e. The van der Waals surface area contributed by atoms with Crippen molar-refractivity contribution in [1.82, 2.24) is 10.2 Å². The molecule has 160 valence electrons. The Bertz CT molecular complexity index is 705. The van der Waals surface area contributed by atoms with E-state index in [1.54, 1.807) is 0 Å². The number of rotatable bonds is 5. The highest BCUT2D eigenvalue weighted by molar-refractivity contribution is 5.79. The van der Waals surface area contributed by atoms with Crippen molar-refractivity contribution in [2.24, 2.45) is 5.92 Å². The van der Waals surface area contributed by atoms with E-state index in [9.17, 15) is 9.90 Å². The minimum atomic E-state index is -0.619. The van der Waals surface area contributed by atoms with E-state index in [1.165, 1.54) is 55.2 Å². The van der Waals surface area contributed by atoms with E-state index in [0.29, 0.717) is 19.0 Å². The SMILES string of the molecule is Cc1cccc2c1C(C1CCCCC1)N(C(=O)CNCC1(O)CCCCC1)CC2. The molecule has 4 nitrogen and oxygen atoms in total. The summed E-state index contributed by atoms with van der Waals surface area (Å²) in [6, 6.07) is 6.86. The van der Waals surface area contributed by atoms with Gasteiger partial charge in [-0.3, -0.25) is 4.79 Å². The van der Waals surface area contributed by atoms with Crippen molar-refractivity contribution in [1.29, 1.82) is 0 Å². The molecule has 2 N–H and O–H groups in total. The van der Waals surface area contributed by atoms with Crippen LogP contribution in [0.2, 0.25) is 0 Å². The molecule has 3 aliphatic rings. The minimum Gasteiger partial charge on any atom is -0.389 e. The van der Waals surface area contributed by atoms with Crippen LogP contribution >= 0.6 is 0 Å². The summed E-state index contributed by atoms with van der Waals surface area (Å²) in [5, 5.41) is 14.0. The van der Waals surface area contributed by atoms with E-state index in [4.69, 9.17) is 0 Å². The molecule has 0 saturated heterocycles. The Kier molecular flexibility index (Phi) is 6.60. The number of aryl methyl sites for hydroxylation is 1. The highest BCUT2D eigenvalue weighted by Crippen LogP contribution is 2.43. The predicted octanol–water partition coefficient (Wildman–Crippen LogP) is 4.29. The first-order chi connectivity index (χ1) is 14.1. The van der Waals surface area contributed by atoms with Gasteiger partial charge < -0.3 is 15.3 Å². The molecule has 0 radical (unpaired) electrons. The molecule has 29 heavy (non-hydrogen) atoms. The lowest BCUT2D eigenvalue weighted by Crippen LogP contribution is -2.49. The van der Waals surface area contributed by atoms with Crippen LogP contribution in [0, 0.1) is 12.8 Å². The van der Waals surface area contributed by atoms with Crippen LogP contribution in [0.25, 0.3) is 0 Å². The van der Waals surface area contributed by atoms with Crippen LogP contribution < -0.4 is 5.32 Å². The van der Waals surface area contributed by atoms with Crippen molar-refractivity contribution in [3.05, 3.63) is 34.9 Å². The van der Waals surface area contributed by atoms with Crippen molar-refractivity contribution in [3.63, 3.8) is 0 Å². The summed E-state index contributed by atoms with van der Waals surface area (Å²) in [4.78, 5) is 15.5. The van der Waals surface area contributed by atoms with E-state index >= 15 is 0 Å². The number of carbonyl (C=O) groups is 1. The number of amides is 1. The maximum Gasteiger partial charge on any atom is 0.237 e. The fraction of sp³-hybridized carbons (Fsp3) is 0.720. The highest BCUT2D eigenvalue weighted by atomic mass is 16.3. The molecule has 0 spiro atoms. The van der Waals surface area contributed by atoms with Crippen molar-refractivity contribution in [2.45, 2.75) is 89.2 Å². The molecule has 1 aromatic rings. The molecule has 0 aromatic heterocycles. The Balaban J connectivity index is 1.47. The van der Waals surface area contributed by atoms with Crippen LogP contribution in [0.1, 0.15) is 86.9 Å². The third-order valence-corrected chi connectivity index (χ3v) is 7.60. The second-order valence-electron chi connectivity index (χ2n) is 9.72. The van der Waals surface area contributed by atoms with Crippen molar-refractivity contribution in [3.8, 4) is 0 Å². The fourth-order valence-corrected chi connectivity index (χ4v) is 6.03. The summed E-state index contributed by atoms with van der Waals surface area (Å²) in [6.07, 6.45) is 12.4. The molecule has 4 heteroatoms. The number of nitrogens with zero attached hydrogens (tertiary/aromatic N) is 1. The van der Waals surface area contributed by atoms with Gasteiger partial charge in [-0.25, -0.2) is 0 Å². The average Bonchev–Trinajstić information content (AvgIpc) is 2.74. The van der Waals surface area contributed by atoms with Crippen LogP contribution in [0.15, 0.2) is 18.2 Å². The van der Waals surface area contributed by atoms with E-state index in [2.05, 4.69) is 35.3 Å². The molecule has 1 amide bonds. The predicted molar refractivity (Wildman–Crippen MR) is 117 cm³/mol. The first-order valence-electron chi connectivity index (χ1n) is 11.9. The van der Waals surface area contributed by atoms with Crippen molar-refractivity contribution in [2.75, 3.05) is 19.6 Å². The Morgan fingerprint density at radius 1 is 1.14 bits per heavy atom. The number of carbonyl (C=O) groups excluding carboxylic acids is 1. The molecule has 1 unspecified atom stereocenters. The normalized spacial score (nSPS) is 24.9. The summed E-state index contributed by atoms with van der Waals surface area (Å²) < 4.78 is 0. The first kappa shape index (κ1) is 20.9. The number of benzene rings is 1. The molecule has 0 bridgehead atoms. The molecular weight excluding hydrogens is 360 g/mol. The van der Waals surface area contributed by atoms with Crippen LogP contribution in [-0.2, 0) is 11.2 Å². The molecule has 4 rings (SSSR count). The molecule has 2 fully saturated rings. The zero-order chi connectivity index (χ0) is 20.3. The van der Waals surface area contributed by atoms with E-state index in [0.717, 1.165) is 38.6 Å². The van der Waals surface area contributed by atoms with Crippen LogP contribution in [0.3, 0.4) is 0 Å². The molecule has 2 aliphatic carbocycles. The zero-order valence-corrected chi connectivity index (χ0v) is 18.1. The summed E-state index contributed by atoms with van der Waals surface area (Å²) in [7, 11) is 0. The molecule has 1 heterocycles.